The van der Waals surface area contributed by atoms with Crippen molar-refractivity contribution < 1.29 is 0 Å². The maximum Gasteiger partial charge on any atom is 0.132 e. The fourth-order valence-corrected chi connectivity index (χ4v) is 2.37. The SMILES string of the molecule is Cc1cc(N2CCCC2CNC(C)(C)C)ncn1. The lowest BCUT2D eigenvalue weighted by atomic mass is 10.1. The summed E-state index contributed by atoms with van der Waals surface area (Å²) in [6.45, 7) is 10.8. The van der Waals surface area contributed by atoms with Gasteiger partial charge in [0.25, 0.3) is 0 Å². The average molecular weight is 248 g/mol. The Morgan fingerprint density at radius 2 is 2.17 bits per heavy atom. The van der Waals surface area contributed by atoms with Crippen LogP contribution in [-0.4, -0.2) is 34.6 Å². The van der Waals surface area contributed by atoms with Crippen molar-refractivity contribution in [2.45, 2.75) is 52.1 Å². The van der Waals surface area contributed by atoms with E-state index in [1.54, 1.807) is 6.33 Å². The lowest BCUT2D eigenvalue weighted by Crippen LogP contribution is -2.45. The number of hydrogen-bond donors (Lipinski definition) is 1. The van der Waals surface area contributed by atoms with E-state index in [2.05, 4.69) is 47.0 Å². The lowest BCUT2D eigenvalue weighted by molar-refractivity contribution is 0.404. The molecule has 0 aromatic carbocycles. The number of anilines is 1. The molecule has 100 valence electrons. The largest absolute Gasteiger partial charge is 0.352 e. The molecule has 1 saturated heterocycles. The molecule has 1 atom stereocenters. The molecule has 2 rings (SSSR count). The second-order valence-corrected chi connectivity index (χ2v) is 6.14. The average Bonchev–Trinajstić information content (AvgIpc) is 2.73. The Balaban J connectivity index is 2.03. The summed E-state index contributed by atoms with van der Waals surface area (Å²) in [6, 6.07) is 2.63. The van der Waals surface area contributed by atoms with Crippen molar-refractivity contribution in [1.82, 2.24) is 15.3 Å². The highest BCUT2D eigenvalue weighted by Crippen LogP contribution is 2.23. The molecule has 1 aliphatic rings. The van der Waals surface area contributed by atoms with Gasteiger partial charge in [0.15, 0.2) is 0 Å². The van der Waals surface area contributed by atoms with E-state index in [9.17, 15) is 0 Å². The summed E-state index contributed by atoms with van der Waals surface area (Å²) < 4.78 is 0. The van der Waals surface area contributed by atoms with Gasteiger partial charge in [0, 0.05) is 36.4 Å². The van der Waals surface area contributed by atoms with Crippen LogP contribution in [0.15, 0.2) is 12.4 Å². The first-order chi connectivity index (χ1) is 8.46. The normalized spacial score (nSPS) is 20.4. The number of rotatable bonds is 3. The van der Waals surface area contributed by atoms with Crippen LogP contribution in [0.1, 0.15) is 39.3 Å². The van der Waals surface area contributed by atoms with E-state index in [1.165, 1.54) is 12.8 Å². The summed E-state index contributed by atoms with van der Waals surface area (Å²) in [4.78, 5) is 11.0. The smallest absolute Gasteiger partial charge is 0.132 e. The third kappa shape index (κ3) is 3.42. The summed E-state index contributed by atoms with van der Waals surface area (Å²) in [5.74, 6) is 1.07. The van der Waals surface area contributed by atoms with Crippen LogP contribution in [0.2, 0.25) is 0 Å². The maximum absolute atomic E-state index is 4.40. The van der Waals surface area contributed by atoms with Crippen LogP contribution in [0.5, 0.6) is 0 Å². The van der Waals surface area contributed by atoms with Gasteiger partial charge in [0.2, 0.25) is 0 Å². The molecular weight excluding hydrogens is 224 g/mol. The van der Waals surface area contributed by atoms with Crippen LogP contribution >= 0.6 is 0 Å². The van der Waals surface area contributed by atoms with E-state index in [1.807, 2.05) is 6.92 Å². The minimum absolute atomic E-state index is 0.176. The van der Waals surface area contributed by atoms with Crippen molar-refractivity contribution in [3.05, 3.63) is 18.1 Å². The van der Waals surface area contributed by atoms with Crippen LogP contribution in [0.25, 0.3) is 0 Å². The molecule has 1 aromatic heterocycles. The second kappa shape index (κ2) is 5.22. The van der Waals surface area contributed by atoms with Gasteiger partial charge in [0.05, 0.1) is 0 Å². The Labute approximate surface area is 110 Å². The molecule has 4 heteroatoms. The number of hydrogen-bond acceptors (Lipinski definition) is 4. The first kappa shape index (κ1) is 13.3. The summed E-state index contributed by atoms with van der Waals surface area (Å²) in [7, 11) is 0. The first-order valence-electron chi connectivity index (χ1n) is 6.76. The summed E-state index contributed by atoms with van der Waals surface area (Å²) in [5.41, 5.74) is 1.21. The third-order valence-corrected chi connectivity index (χ3v) is 3.33. The highest BCUT2D eigenvalue weighted by Gasteiger charge is 2.26. The second-order valence-electron chi connectivity index (χ2n) is 6.14. The molecule has 0 bridgehead atoms. The number of nitrogens with zero attached hydrogens (tertiary/aromatic N) is 3. The van der Waals surface area contributed by atoms with Gasteiger partial charge in [-0.1, -0.05) is 0 Å². The van der Waals surface area contributed by atoms with Gasteiger partial charge < -0.3 is 10.2 Å². The Morgan fingerprint density at radius 1 is 1.39 bits per heavy atom. The quantitative estimate of drug-likeness (QED) is 0.890. The van der Waals surface area contributed by atoms with Crippen LogP contribution in [0, 0.1) is 6.92 Å². The van der Waals surface area contributed by atoms with Gasteiger partial charge in [-0.05, 0) is 40.5 Å². The Morgan fingerprint density at radius 3 is 2.83 bits per heavy atom. The lowest BCUT2D eigenvalue weighted by Gasteiger charge is -2.29. The van der Waals surface area contributed by atoms with Crippen LogP contribution in [0.4, 0.5) is 5.82 Å². The Kier molecular flexibility index (Phi) is 3.85. The molecule has 1 N–H and O–H groups in total. The van der Waals surface area contributed by atoms with Gasteiger partial charge in [-0.2, -0.15) is 0 Å². The molecule has 1 aliphatic heterocycles. The Hall–Kier alpha value is -1.16. The summed E-state index contributed by atoms with van der Waals surface area (Å²) in [6.07, 6.45) is 4.16. The van der Waals surface area contributed by atoms with Crippen LogP contribution in [0.3, 0.4) is 0 Å². The van der Waals surface area contributed by atoms with E-state index in [4.69, 9.17) is 0 Å². The highest BCUT2D eigenvalue weighted by atomic mass is 15.2. The van der Waals surface area contributed by atoms with Gasteiger partial charge in [0.1, 0.15) is 12.1 Å². The van der Waals surface area contributed by atoms with Crippen molar-refractivity contribution >= 4 is 5.82 Å². The fourth-order valence-electron chi connectivity index (χ4n) is 2.37. The number of nitrogens with one attached hydrogen (secondary N) is 1. The molecule has 0 spiro atoms. The number of aromatic nitrogens is 2. The minimum Gasteiger partial charge on any atom is -0.352 e. The predicted octanol–water partition coefficient (Wildman–Crippen LogP) is 2.14. The van der Waals surface area contributed by atoms with Crippen molar-refractivity contribution in [2.24, 2.45) is 0 Å². The van der Waals surface area contributed by atoms with Crippen molar-refractivity contribution in [3.8, 4) is 0 Å². The molecule has 0 aliphatic carbocycles. The third-order valence-electron chi connectivity index (χ3n) is 3.33. The minimum atomic E-state index is 0.176. The fraction of sp³-hybridized carbons (Fsp3) is 0.714. The summed E-state index contributed by atoms with van der Waals surface area (Å²) >= 11 is 0. The zero-order valence-electron chi connectivity index (χ0n) is 11.9. The van der Waals surface area contributed by atoms with Crippen LogP contribution in [-0.2, 0) is 0 Å². The number of aryl methyl sites for hydroxylation is 1. The molecule has 0 saturated carbocycles. The molecule has 18 heavy (non-hydrogen) atoms. The van der Waals surface area contributed by atoms with Crippen molar-refractivity contribution in [1.29, 1.82) is 0 Å². The summed E-state index contributed by atoms with van der Waals surface area (Å²) in [5, 5.41) is 3.59. The van der Waals surface area contributed by atoms with E-state index in [0.717, 1.165) is 24.6 Å². The topological polar surface area (TPSA) is 41.0 Å². The molecule has 0 radical (unpaired) electrons. The Bertz CT molecular complexity index is 397. The van der Waals surface area contributed by atoms with E-state index >= 15 is 0 Å². The zero-order valence-corrected chi connectivity index (χ0v) is 11.9. The van der Waals surface area contributed by atoms with Crippen molar-refractivity contribution in [2.75, 3.05) is 18.0 Å². The van der Waals surface area contributed by atoms with Crippen LogP contribution < -0.4 is 10.2 Å². The molecule has 1 fully saturated rings. The van der Waals surface area contributed by atoms with Gasteiger partial charge in [-0.25, -0.2) is 9.97 Å². The van der Waals surface area contributed by atoms with Gasteiger partial charge >= 0.3 is 0 Å². The zero-order chi connectivity index (χ0) is 13.2. The van der Waals surface area contributed by atoms with E-state index in [-0.39, 0.29) is 5.54 Å². The van der Waals surface area contributed by atoms with E-state index < -0.39 is 0 Å². The molecule has 0 amide bonds. The maximum atomic E-state index is 4.40. The van der Waals surface area contributed by atoms with Gasteiger partial charge in [-0.3, -0.25) is 0 Å². The first-order valence-corrected chi connectivity index (χ1v) is 6.76. The molecular formula is C14H24N4. The standard InChI is InChI=1S/C14H24N4/c1-11-8-13(16-10-15-11)18-7-5-6-12(18)9-17-14(2,3)4/h8,10,12,17H,5-7,9H2,1-4H3. The molecule has 2 heterocycles. The monoisotopic (exact) mass is 248 g/mol. The molecule has 1 unspecified atom stereocenters. The van der Waals surface area contributed by atoms with Gasteiger partial charge in [-0.15, -0.1) is 0 Å². The molecule has 1 aromatic rings. The van der Waals surface area contributed by atoms with Crippen molar-refractivity contribution in [3.63, 3.8) is 0 Å². The van der Waals surface area contributed by atoms with E-state index in [0.29, 0.717) is 6.04 Å². The molecule has 4 nitrogen and oxygen atoms in total. The highest BCUT2D eigenvalue weighted by molar-refractivity contribution is 5.41. The predicted molar refractivity (Wildman–Crippen MR) is 74.9 cm³/mol.